The molecule has 2 aromatic rings. The third-order valence-electron chi connectivity index (χ3n) is 3.69. The number of carbonyl (C=O) groups is 1. The standard InChI is InChI=1S/C20H29N5O2.HI/c1-5-21-20(22-11-10-18(26)24-14(2)3)23-12-17-13-27-19(25-17)16-8-6-15(4)7-9-16;/h6-9,13-14H,5,10-12H2,1-4H3,(H,24,26)(H2,21,22,23);1H. The maximum atomic E-state index is 11.7. The quantitative estimate of drug-likeness (QED) is 0.295. The molecule has 8 heteroatoms. The molecule has 0 unspecified atom stereocenters. The van der Waals surface area contributed by atoms with Gasteiger partial charge in [-0.2, -0.15) is 0 Å². The number of hydrogen-bond donors (Lipinski definition) is 3. The number of oxazole rings is 1. The van der Waals surface area contributed by atoms with Crippen molar-refractivity contribution in [1.82, 2.24) is 20.9 Å². The first-order valence-electron chi connectivity index (χ1n) is 9.31. The first kappa shape index (κ1) is 23.9. The monoisotopic (exact) mass is 499 g/mol. The molecule has 3 N–H and O–H groups in total. The van der Waals surface area contributed by atoms with Gasteiger partial charge in [0.05, 0.1) is 6.54 Å². The maximum absolute atomic E-state index is 11.7. The second-order valence-corrected chi connectivity index (χ2v) is 6.60. The average Bonchev–Trinajstić information content (AvgIpc) is 3.08. The number of guanidine groups is 1. The maximum Gasteiger partial charge on any atom is 0.226 e. The highest BCUT2D eigenvalue weighted by Gasteiger charge is 2.07. The number of benzene rings is 1. The summed E-state index contributed by atoms with van der Waals surface area (Å²) in [6, 6.07) is 8.18. The summed E-state index contributed by atoms with van der Waals surface area (Å²) in [5.74, 6) is 1.26. The van der Waals surface area contributed by atoms with Gasteiger partial charge in [-0.1, -0.05) is 17.7 Å². The molecule has 28 heavy (non-hydrogen) atoms. The summed E-state index contributed by atoms with van der Waals surface area (Å²) in [7, 11) is 0. The van der Waals surface area contributed by atoms with Crippen molar-refractivity contribution in [2.45, 2.75) is 46.7 Å². The summed E-state index contributed by atoms with van der Waals surface area (Å²) >= 11 is 0. The zero-order chi connectivity index (χ0) is 19.6. The zero-order valence-corrected chi connectivity index (χ0v) is 19.2. The Morgan fingerprint density at radius 3 is 2.57 bits per heavy atom. The predicted molar refractivity (Wildman–Crippen MR) is 123 cm³/mol. The molecule has 0 aliphatic rings. The van der Waals surface area contributed by atoms with Crippen LogP contribution in [-0.4, -0.2) is 36.0 Å². The highest BCUT2D eigenvalue weighted by Crippen LogP contribution is 2.19. The topological polar surface area (TPSA) is 91.6 Å². The van der Waals surface area contributed by atoms with Crippen molar-refractivity contribution in [2.24, 2.45) is 4.99 Å². The lowest BCUT2D eigenvalue weighted by Gasteiger charge is -2.12. The fourth-order valence-electron chi connectivity index (χ4n) is 2.40. The van der Waals surface area contributed by atoms with Crippen molar-refractivity contribution in [3.8, 4) is 11.5 Å². The molecular weight excluding hydrogens is 469 g/mol. The van der Waals surface area contributed by atoms with Crippen LogP contribution in [-0.2, 0) is 11.3 Å². The number of aliphatic imine (C=N–C) groups is 1. The smallest absolute Gasteiger partial charge is 0.226 e. The summed E-state index contributed by atoms with van der Waals surface area (Å²) in [5.41, 5.74) is 2.89. The third-order valence-corrected chi connectivity index (χ3v) is 3.69. The van der Waals surface area contributed by atoms with Crippen LogP contribution in [0.25, 0.3) is 11.5 Å². The van der Waals surface area contributed by atoms with Gasteiger partial charge < -0.3 is 20.4 Å². The van der Waals surface area contributed by atoms with Crippen molar-refractivity contribution in [2.75, 3.05) is 13.1 Å². The number of nitrogens with one attached hydrogen (secondary N) is 3. The molecule has 1 heterocycles. The Kier molecular flexibility index (Phi) is 10.6. The number of hydrogen-bond acceptors (Lipinski definition) is 4. The van der Waals surface area contributed by atoms with Crippen LogP contribution in [0.2, 0.25) is 0 Å². The van der Waals surface area contributed by atoms with Gasteiger partial charge in [0.1, 0.15) is 12.0 Å². The Morgan fingerprint density at radius 2 is 1.93 bits per heavy atom. The van der Waals surface area contributed by atoms with E-state index in [4.69, 9.17) is 4.42 Å². The highest BCUT2D eigenvalue weighted by atomic mass is 127. The van der Waals surface area contributed by atoms with E-state index < -0.39 is 0 Å². The minimum atomic E-state index is 0. The van der Waals surface area contributed by atoms with E-state index in [9.17, 15) is 4.79 Å². The molecule has 0 radical (unpaired) electrons. The van der Waals surface area contributed by atoms with Gasteiger partial charge in [0.2, 0.25) is 11.8 Å². The molecule has 0 fully saturated rings. The van der Waals surface area contributed by atoms with Gasteiger partial charge in [-0.05, 0) is 39.8 Å². The zero-order valence-electron chi connectivity index (χ0n) is 16.9. The molecule has 0 aliphatic heterocycles. The number of nitrogens with zero attached hydrogens (tertiary/aromatic N) is 2. The van der Waals surface area contributed by atoms with Gasteiger partial charge >= 0.3 is 0 Å². The SMILES string of the molecule is CCNC(=NCc1coc(-c2ccc(C)cc2)n1)NCCC(=O)NC(C)C.I. The molecule has 0 saturated carbocycles. The van der Waals surface area contributed by atoms with Crippen LogP contribution in [0.5, 0.6) is 0 Å². The Balaban J connectivity index is 0.00000392. The van der Waals surface area contributed by atoms with E-state index in [1.165, 1.54) is 5.56 Å². The van der Waals surface area contributed by atoms with Crippen molar-refractivity contribution in [3.05, 3.63) is 41.8 Å². The second-order valence-electron chi connectivity index (χ2n) is 6.60. The predicted octanol–water partition coefficient (Wildman–Crippen LogP) is 3.24. The summed E-state index contributed by atoms with van der Waals surface area (Å²) < 4.78 is 5.56. The molecule has 1 aromatic carbocycles. The summed E-state index contributed by atoms with van der Waals surface area (Å²) in [5, 5.41) is 9.19. The van der Waals surface area contributed by atoms with E-state index in [1.54, 1.807) is 6.26 Å². The third kappa shape index (κ3) is 8.28. The number of rotatable bonds is 8. The molecule has 0 bridgehead atoms. The Morgan fingerprint density at radius 1 is 1.21 bits per heavy atom. The Bertz CT molecular complexity index is 756. The van der Waals surface area contributed by atoms with E-state index in [2.05, 4.69) is 25.9 Å². The molecular formula is C20H30IN5O2. The van der Waals surface area contributed by atoms with Crippen LogP contribution < -0.4 is 16.0 Å². The van der Waals surface area contributed by atoms with Crippen molar-refractivity contribution in [3.63, 3.8) is 0 Å². The number of aryl methyl sites for hydroxylation is 1. The van der Waals surface area contributed by atoms with Gasteiger partial charge in [0.15, 0.2) is 5.96 Å². The lowest BCUT2D eigenvalue weighted by molar-refractivity contribution is -0.121. The van der Waals surface area contributed by atoms with Crippen molar-refractivity contribution in [1.29, 1.82) is 0 Å². The fraction of sp³-hybridized carbons (Fsp3) is 0.450. The lowest BCUT2D eigenvalue weighted by atomic mass is 10.1. The number of amides is 1. The number of carbonyl (C=O) groups excluding carboxylic acids is 1. The molecule has 7 nitrogen and oxygen atoms in total. The fourth-order valence-corrected chi connectivity index (χ4v) is 2.40. The van der Waals surface area contributed by atoms with Gasteiger partial charge in [-0.15, -0.1) is 24.0 Å². The summed E-state index contributed by atoms with van der Waals surface area (Å²) in [4.78, 5) is 20.7. The van der Waals surface area contributed by atoms with Crippen LogP contribution in [0.1, 0.15) is 38.4 Å². The molecule has 0 aliphatic carbocycles. The lowest BCUT2D eigenvalue weighted by Crippen LogP contribution is -2.40. The molecule has 2 rings (SSSR count). The average molecular weight is 499 g/mol. The van der Waals surface area contributed by atoms with Gasteiger partial charge in [0, 0.05) is 31.1 Å². The van der Waals surface area contributed by atoms with Crippen molar-refractivity contribution >= 4 is 35.8 Å². The molecule has 1 aromatic heterocycles. The van der Waals surface area contributed by atoms with Crippen LogP contribution in [0.15, 0.2) is 39.9 Å². The van der Waals surface area contributed by atoms with E-state index in [0.717, 1.165) is 17.8 Å². The summed E-state index contributed by atoms with van der Waals surface area (Å²) in [6.45, 7) is 9.56. The Labute approximate surface area is 183 Å². The van der Waals surface area contributed by atoms with Gasteiger partial charge in [-0.25, -0.2) is 9.98 Å². The number of aromatic nitrogens is 1. The first-order chi connectivity index (χ1) is 13.0. The van der Waals surface area contributed by atoms with Gasteiger partial charge in [-0.3, -0.25) is 4.79 Å². The van der Waals surface area contributed by atoms with E-state index in [1.807, 2.05) is 52.0 Å². The molecule has 0 atom stereocenters. The van der Waals surface area contributed by atoms with Gasteiger partial charge in [0.25, 0.3) is 0 Å². The van der Waals surface area contributed by atoms with Crippen LogP contribution in [0.3, 0.4) is 0 Å². The summed E-state index contributed by atoms with van der Waals surface area (Å²) in [6.07, 6.45) is 2.02. The molecule has 1 amide bonds. The minimum Gasteiger partial charge on any atom is -0.444 e. The Hall–Kier alpha value is -2.10. The largest absolute Gasteiger partial charge is 0.444 e. The first-order valence-corrected chi connectivity index (χ1v) is 9.31. The van der Waals surface area contributed by atoms with E-state index >= 15 is 0 Å². The van der Waals surface area contributed by atoms with Crippen LogP contribution in [0, 0.1) is 6.92 Å². The normalized spacial score (nSPS) is 11.1. The van der Waals surface area contributed by atoms with E-state index in [0.29, 0.717) is 31.4 Å². The molecule has 0 saturated heterocycles. The van der Waals surface area contributed by atoms with E-state index in [-0.39, 0.29) is 35.9 Å². The molecule has 154 valence electrons. The van der Waals surface area contributed by atoms with Crippen molar-refractivity contribution < 1.29 is 9.21 Å². The number of halogens is 1. The highest BCUT2D eigenvalue weighted by molar-refractivity contribution is 14.0. The second kappa shape index (κ2) is 12.4. The minimum absolute atomic E-state index is 0. The van der Waals surface area contributed by atoms with Crippen LogP contribution in [0.4, 0.5) is 0 Å². The van der Waals surface area contributed by atoms with Crippen LogP contribution >= 0.6 is 24.0 Å². The molecule has 0 spiro atoms.